The fourth-order valence-electron chi connectivity index (χ4n) is 5.52. The van der Waals surface area contributed by atoms with Gasteiger partial charge in [0, 0.05) is 43.2 Å². The molecule has 0 bridgehead atoms. The lowest BCUT2D eigenvalue weighted by molar-refractivity contribution is -0.134. The highest BCUT2D eigenvalue weighted by molar-refractivity contribution is 6.03. The first-order valence-corrected chi connectivity index (χ1v) is 11.4. The van der Waals surface area contributed by atoms with Crippen LogP contribution in [0.1, 0.15) is 49.0 Å². The molecule has 0 N–H and O–H groups in total. The van der Waals surface area contributed by atoms with Gasteiger partial charge in [0.2, 0.25) is 11.8 Å². The summed E-state index contributed by atoms with van der Waals surface area (Å²) in [6.45, 7) is 6.32. The zero-order valence-electron chi connectivity index (χ0n) is 18.2. The lowest BCUT2D eigenvalue weighted by Crippen LogP contribution is -2.47. The number of carbonyl (C=O) groups is 2. The number of amides is 1. The highest BCUT2D eigenvalue weighted by atomic mass is 16.2. The van der Waals surface area contributed by atoms with E-state index in [2.05, 4.69) is 42.4 Å². The van der Waals surface area contributed by atoms with Gasteiger partial charge in [0.25, 0.3) is 0 Å². The number of hydrogen-bond donors (Lipinski definition) is 0. The van der Waals surface area contributed by atoms with Gasteiger partial charge in [-0.15, -0.1) is 0 Å². The molecule has 0 saturated heterocycles. The maximum Gasteiger partial charge on any atom is 0.234 e. The molecule has 1 aromatic heterocycles. The summed E-state index contributed by atoms with van der Waals surface area (Å²) in [5.74, 6) is 0.527. The SMILES string of the molecule is CCN(CC)C(=O)[C@@H]1C=C2c3cccc4c3c(cn4C(=O)C3CCC3)C[C@H]2N(C)C1. The molecule has 3 aliphatic rings. The number of aromatic nitrogens is 1. The minimum absolute atomic E-state index is 0.114. The van der Waals surface area contributed by atoms with Crippen LogP contribution in [-0.2, 0) is 11.2 Å². The van der Waals surface area contributed by atoms with Crippen LogP contribution in [0.3, 0.4) is 0 Å². The van der Waals surface area contributed by atoms with Gasteiger partial charge in [-0.3, -0.25) is 19.1 Å². The molecule has 5 heteroatoms. The van der Waals surface area contributed by atoms with Gasteiger partial charge < -0.3 is 4.90 Å². The second-order valence-corrected chi connectivity index (χ2v) is 9.09. The summed E-state index contributed by atoms with van der Waals surface area (Å²) in [5.41, 5.74) is 4.73. The van der Waals surface area contributed by atoms with Crippen LogP contribution < -0.4 is 0 Å². The zero-order valence-corrected chi connectivity index (χ0v) is 18.2. The molecule has 0 unspecified atom stereocenters. The number of rotatable bonds is 4. The molecule has 2 heterocycles. The van der Waals surface area contributed by atoms with Crippen molar-refractivity contribution in [3.8, 4) is 0 Å². The van der Waals surface area contributed by atoms with Gasteiger partial charge in [0.1, 0.15) is 0 Å². The molecule has 2 aromatic rings. The summed E-state index contributed by atoms with van der Waals surface area (Å²) in [5, 5.41) is 1.21. The second kappa shape index (κ2) is 7.38. The molecule has 5 rings (SSSR count). The maximum atomic E-state index is 13.1. The molecule has 30 heavy (non-hydrogen) atoms. The third-order valence-corrected chi connectivity index (χ3v) is 7.47. The van der Waals surface area contributed by atoms with Crippen LogP contribution in [0.5, 0.6) is 0 Å². The van der Waals surface area contributed by atoms with E-state index in [1.807, 2.05) is 23.3 Å². The standard InChI is InChI=1S/C25H31N3O2/c1-4-27(5-2)24(29)18-12-20-19-10-7-11-21-23(19)17(13-22(20)26(3)14-18)15-28(21)25(30)16-8-6-9-16/h7,10-12,15-16,18,22H,4-6,8-9,13-14H2,1-3H3/t18-,22-/m1/s1. The summed E-state index contributed by atoms with van der Waals surface area (Å²) in [6, 6.07) is 6.56. The predicted octanol–water partition coefficient (Wildman–Crippen LogP) is 3.82. The molecule has 1 fully saturated rings. The van der Waals surface area contributed by atoms with Crippen molar-refractivity contribution in [3.63, 3.8) is 0 Å². The number of nitrogens with zero attached hydrogens (tertiary/aromatic N) is 3. The first kappa shape index (κ1) is 19.6. The van der Waals surface area contributed by atoms with E-state index in [4.69, 9.17) is 0 Å². The van der Waals surface area contributed by atoms with Gasteiger partial charge in [-0.1, -0.05) is 24.6 Å². The highest BCUT2D eigenvalue weighted by Crippen LogP contribution is 2.42. The van der Waals surface area contributed by atoms with Crippen LogP contribution in [0.25, 0.3) is 16.5 Å². The number of hydrogen-bond acceptors (Lipinski definition) is 3. The Labute approximate surface area is 178 Å². The summed E-state index contributed by atoms with van der Waals surface area (Å²) >= 11 is 0. The summed E-state index contributed by atoms with van der Waals surface area (Å²) < 4.78 is 1.91. The molecule has 1 saturated carbocycles. The first-order chi connectivity index (χ1) is 14.5. The van der Waals surface area contributed by atoms with Crippen molar-refractivity contribution in [1.29, 1.82) is 0 Å². The van der Waals surface area contributed by atoms with E-state index in [0.717, 1.165) is 50.8 Å². The van der Waals surface area contributed by atoms with Crippen molar-refractivity contribution in [2.75, 3.05) is 26.7 Å². The van der Waals surface area contributed by atoms with Crippen LogP contribution in [0, 0.1) is 11.8 Å². The van der Waals surface area contributed by atoms with Gasteiger partial charge in [-0.25, -0.2) is 0 Å². The molecule has 1 amide bonds. The van der Waals surface area contributed by atoms with Crippen LogP contribution in [0.2, 0.25) is 0 Å². The van der Waals surface area contributed by atoms with E-state index in [1.54, 1.807) is 0 Å². The van der Waals surface area contributed by atoms with E-state index < -0.39 is 0 Å². The van der Waals surface area contributed by atoms with E-state index in [1.165, 1.54) is 22.1 Å². The molecule has 5 nitrogen and oxygen atoms in total. The second-order valence-electron chi connectivity index (χ2n) is 9.09. The third-order valence-electron chi connectivity index (χ3n) is 7.47. The van der Waals surface area contributed by atoms with Gasteiger partial charge in [-0.2, -0.15) is 0 Å². The molecule has 2 atom stereocenters. The molecular weight excluding hydrogens is 374 g/mol. The Kier molecular flexibility index (Phi) is 4.81. The van der Waals surface area contributed by atoms with E-state index in [-0.39, 0.29) is 29.7 Å². The summed E-state index contributed by atoms with van der Waals surface area (Å²) in [4.78, 5) is 30.4. The van der Waals surface area contributed by atoms with Crippen molar-refractivity contribution in [2.45, 2.75) is 45.6 Å². The third kappa shape index (κ3) is 2.86. The summed E-state index contributed by atoms with van der Waals surface area (Å²) in [6.07, 6.45) is 8.39. The Morgan fingerprint density at radius 3 is 2.60 bits per heavy atom. The van der Waals surface area contributed by atoms with E-state index >= 15 is 0 Å². The quantitative estimate of drug-likeness (QED) is 0.777. The van der Waals surface area contributed by atoms with Gasteiger partial charge in [0.05, 0.1) is 11.4 Å². The van der Waals surface area contributed by atoms with Crippen molar-refractivity contribution >= 4 is 28.3 Å². The minimum atomic E-state index is -0.114. The average Bonchev–Trinajstić information content (AvgIpc) is 3.08. The Bertz CT molecular complexity index is 1040. The van der Waals surface area contributed by atoms with Crippen molar-refractivity contribution < 1.29 is 9.59 Å². The van der Waals surface area contributed by atoms with Crippen molar-refractivity contribution in [2.24, 2.45) is 11.8 Å². The smallest absolute Gasteiger partial charge is 0.234 e. The Morgan fingerprint density at radius 1 is 1.17 bits per heavy atom. The Balaban J connectivity index is 1.59. The predicted molar refractivity (Wildman–Crippen MR) is 119 cm³/mol. The molecule has 1 aromatic carbocycles. The lowest BCUT2D eigenvalue weighted by atomic mass is 9.79. The molecular formula is C25H31N3O2. The molecule has 0 spiro atoms. The minimum Gasteiger partial charge on any atom is -0.343 e. The van der Waals surface area contributed by atoms with Gasteiger partial charge in [-0.05, 0) is 62.9 Å². The van der Waals surface area contributed by atoms with Crippen LogP contribution in [0.15, 0.2) is 30.5 Å². The number of benzene rings is 1. The molecule has 0 radical (unpaired) electrons. The Morgan fingerprint density at radius 2 is 1.93 bits per heavy atom. The normalized spacial score (nSPS) is 23.6. The van der Waals surface area contributed by atoms with E-state index in [9.17, 15) is 9.59 Å². The van der Waals surface area contributed by atoms with Crippen molar-refractivity contribution in [3.05, 3.63) is 41.6 Å². The summed E-state index contributed by atoms with van der Waals surface area (Å²) in [7, 11) is 2.13. The maximum absolute atomic E-state index is 13.1. The number of fused-ring (bicyclic) bond motifs is 2. The zero-order chi connectivity index (χ0) is 21.0. The number of carbonyl (C=O) groups excluding carboxylic acids is 2. The molecule has 158 valence electrons. The number of likely N-dealkylation sites (N-methyl/N-ethyl adjacent to an activating group) is 1. The van der Waals surface area contributed by atoms with Crippen LogP contribution >= 0.6 is 0 Å². The Hall–Kier alpha value is -2.40. The largest absolute Gasteiger partial charge is 0.343 e. The average molecular weight is 406 g/mol. The fraction of sp³-hybridized carbons (Fsp3) is 0.520. The lowest BCUT2D eigenvalue weighted by Gasteiger charge is -2.40. The fourth-order valence-corrected chi connectivity index (χ4v) is 5.52. The molecule has 2 aliphatic carbocycles. The van der Waals surface area contributed by atoms with Crippen LogP contribution in [0.4, 0.5) is 0 Å². The van der Waals surface area contributed by atoms with Crippen LogP contribution in [-0.4, -0.2) is 58.9 Å². The van der Waals surface area contributed by atoms with Gasteiger partial charge >= 0.3 is 0 Å². The molecule has 1 aliphatic heterocycles. The van der Waals surface area contributed by atoms with Crippen molar-refractivity contribution in [1.82, 2.24) is 14.4 Å². The van der Waals surface area contributed by atoms with E-state index in [0.29, 0.717) is 0 Å². The first-order valence-electron chi connectivity index (χ1n) is 11.4. The topological polar surface area (TPSA) is 45.6 Å². The van der Waals surface area contributed by atoms with Gasteiger partial charge in [0.15, 0.2) is 0 Å². The monoisotopic (exact) mass is 405 g/mol. The highest BCUT2D eigenvalue weighted by Gasteiger charge is 2.37.